The fraction of sp³-hybridized carbons (Fsp3) is 0.292. The zero-order chi connectivity index (χ0) is 30.2. The molecule has 0 spiro atoms. The molecule has 12 nitrogen and oxygen atoms in total. The van der Waals surface area contributed by atoms with Crippen molar-refractivity contribution in [1.29, 1.82) is 0 Å². The van der Waals surface area contributed by atoms with Gasteiger partial charge in [-0.15, -0.1) is 0 Å². The van der Waals surface area contributed by atoms with Gasteiger partial charge in [-0.25, -0.2) is 0 Å². The standard InChI is InChI=1S/C12H11B2NO5.C12H12B2O6.Ir/c1-7-2-8(4-19-11(13)17)10(15-6-16)9(3-7)5-20-12(14)18;1-18-4-7-2-8(5-19-11(13)16)10(15)9(3-7)6-20-12(14)17;/h2-3,6H,4-5H2,1H3,(H,15,16);2-3,15H,4-6H2,1H3;. The van der Waals surface area contributed by atoms with Crippen LogP contribution in [0.15, 0.2) is 24.3 Å². The van der Waals surface area contributed by atoms with Gasteiger partial charge in [-0.1, -0.05) is 17.7 Å². The number of benzene rings is 2. The fourth-order valence-electron chi connectivity index (χ4n) is 3.31. The van der Waals surface area contributed by atoms with Gasteiger partial charge in [0.25, 0.3) is 0 Å². The van der Waals surface area contributed by atoms with E-state index in [4.69, 9.17) is 45.6 Å². The molecular weight excluding hydrogens is 714 g/mol. The van der Waals surface area contributed by atoms with Crippen molar-refractivity contribution in [3.8, 4) is 5.75 Å². The Balaban J connectivity index is 0.000000762. The van der Waals surface area contributed by atoms with Gasteiger partial charge < -0.3 is 34.1 Å². The maximum absolute atomic E-state index is 10.7. The average molecular weight is 737 g/mol. The SMILES string of the molecule is [B]C(=O)OCc1cc(C)cc(COC([B])=O)c1NC=O.[B]C(=O)OCc1cc(COC)cc(COC([B])=O)c1O.[Ir]. The zero-order valence-corrected chi connectivity index (χ0v) is 24.5. The number of hydrogen-bond acceptors (Lipinski definition) is 11. The third kappa shape index (κ3) is 14.6. The number of carbonyl (C=O) groups excluding carboxylic acids is 5. The fourth-order valence-corrected chi connectivity index (χ4v) is 3.31. The van der Waals surface area contributed by atoms with Crippen LogP contribution in [0.2, 0.25) is 0 Å². The Hall–Kier alpha value is -3.54. The second kappa shape index (κ2) is 19.5. The summed E-state index contributed by atoms with van der Waals surface area (Å²) in [5, 5.41) is 12.5. The number of ether oxygens (including phenoxy) is 5. The van der Waals surface area contributed by atoms with Crippen LogP contribution in [-0.4, -0.2) is 73.5 Å². The number of methoxy groups -OCH3 is 1. The van der Waals surface area contributed by atoms with Crippen LogP contribution in [0.4, 0.5) is 24.9 Å². The van der Waals surface area contributed by atoms with Crippen LogP contribution < -0.4 is 5.32 Å². The van der Waals surface area contributed by atoms with Crippen molar-refractivity contribution >= 4 is 67.0 Å². The van der Waals surface area contributed by atoms with Crippen molar-refractivity contribution in [2.45, 2.75) is 40.0 Å². The van der Waals surface area contributed by atoms with Crippen molar-refractivity contribution in [2.24, 2.45) is 0 Å². The Bertz CT molecular complexity index is 1150. The number of carbonyl (C=O) groups is 5. The number of phenols is 1. The van der Waals surface area contributed by atoms with Crippen molar-refractivity contribution in [2.75, 3.05) is 12.4 Å². The summed E-state index contributed by atoms with van der Waals surface area (Å²) in [7, 11) is 21.1. The van der Waals surface area contributed by atoms with Gasteiger partial charge in [-0.3, -0.25) is 24.0 Å². The number of aryl methyl sites for hydroxylation is 1. The van der Waals surface area contributed by atoms with Crippen molar-refractivity contribution in [3.05, 3.63) is 57.6 Å². The molecular formula is C24H23B4IrNO11. The molecule has 0 saturated carbocycles. The molecule has 0 heterocycles. The molecule has 2 rings (SSSR count). The minimum atomic E-state index is -0.962. The average Bonchev–Trinajstić information content (AvgIpc) is 2.87. The second-order valence-corrected chi connectivity index (χ2v) is 7.85. The molecule has 1 amide bonds. The van der Waals surface area contributed by atoms with Gasteiger partial charge >= 0.3 is 0 Å². The van der Waals surface area contributed by atoms with E-state index in [1.54, 1.807) is 31.2 Å². The van der Waals surface area contributed by atoms with Crippen LogP contribution in [-0.2, 0) is 81.6 Å². The Morgan fingerprint density at radius 2 is 1.10 bits per heavy atom. The smallest absolute Gasteiger partial charge is 0.236 e. The number of rotatable bonds is 12. The number of anilines is 1. The van der Waals surface area contributed by atoms with E-state index < -0.39 is 23.5 Å². The molecule has 9 radical (unpaired) electrons. The largest absolute Gasteiger partial charge is 0.507 e. The molecule has 0 aliphatic carbocycles. The van der Waals surface area contributed by atoms with Gasteiger partial charge in [0, 0.05) is 49.5 Å². The van der Waals surface area contributed by atoms with Crippen LogP contribution >= 0.6 is 0 Å². The first-order valence-electron chi connectivity index (χ1n) is 11.2. The maximum atomic E-state index is 10.7. The Morgan fingerprint density at radius 3 is 1.41 bits per heavy atom. The summed E-state index contributed by atoms with van der Waals surface area (Å²) in [4.78, 5) is 53.2. The number of amides is 1. The maximum Gasteiger partial charge on any atom is 0.236 e. The van der Waals surface area contributed by atoms with Gasteiger partial charge in [-0.2, -0.15) is 0 Å². The van der Waals surface area contributed by atoms with Gasteiger partial charge in [0.2, 0.25) is 61.3 Å². The van der Waals surface area contributed by atoms with E-state index >= 15 is 0 Å². The van der Waals surface area contributed by atoms with E-state index in [9.17, 15) is 29.1 Å². The minimum absolute atomic E-state index is 0. The number of nitrogens with one attached hydrogen (secondary N) is 1. The Kier molecular flexibility index (Phi) is 17.8. The molecule has 0 aromatic heterocycles. The molecule has 0 bridgehead atoms. The topological polar surface area (TPSA) is 164 Å². The summed E-state index contributed by atoms with van der Waals surface area (Å²) in [6.45, 7) is 1.43. The Labute approximate surface area is 255 Å². The van der Waals surface area contributed by atoms with E-state index in [-0.39, 0.29) is 58.9 Å². The zero-order valence-electron chi connectivity index (χ0n) is 22.1. The van der Waals surface area contributed by atoms with E-state index in [0.29, 0.717) is 39.9 Å². The molecule has 0 aliphatic heterocycles. The normalized spacial score (nSPS) is 9.61. The van der Waals surface area contributed by atoms with E-state index in [0.717, 1.165) is 5.56 Å². The first-order chi connectivity index (χ1) is 18.9. The monoisotopic (exact) mass is 738 g/mol. The van der Waals surface area contributed by atoms with E-state index in [1.807, 2.05) is 0 Å². The molecule has 41 heavy (non-hydrogen) atoms. The summed E-state index contributed by atoms with van der Waals surface area (Å²) < 4.78 is 23.6. The second-order valence-electron chi connectivity index (χ2n) is 7.85. The summed E-state index contributed by atoms with van der Waals surface area (Å²) in [5.74, 6) is -3.95. The molecule has 0 fully saturated rings. The molecule has 0 atom stereocenters. The van der Waals surface area contributed by atoms with Crippen LogP contribution in [0, 0.1) is 6.92 Å². The number of phenolic OH excluding ortho intramolecular Hbond substituents is 1. The van der Waals surface area contributed by atoms with Crippen LogP contribution in [0.5, 0.6) is 5.75 Å². The molecule has 2 N–H and O–H groups in total. The predicted molar refractivity (Wildman–Crippen MR) is 143 cm³/mol. The third-order valence-corrected chi connectivity index (χ3v) is 4.77. The molecule has 0 saturated heterocycles. The molecule has 17 heteroatoms. The van der Waals surface area contributed by atoms with Crippen LogP contribution in [0.1, 0.15) is 33.4 Å². The summed E-state index contributed by atoms with van der Waals surface area (Å²) >= 11 is 0. The number of hydrogen-bond donors (Lipinski definition) is 2. The van der Waals surface area contributed by atoms with Crippen LogP contribution in [0.3, 0.4) is 0 Å². The third-order valence-electron chi connectivity index (χ3n) is 4.77. The van der Waals surface area contributed by atoms with Gasteiger partial charge in [0.05, 0.1) is 12.3 Å². The molecule has 211 valence electrons. The Morgan fingerprint density at radius 1 is 0.732 bits per heavy atom. The van der Waals surface area contributed by atoms with Crippen LogP contribution in [0.25, 0.3) is 0 Å². The van der Waals surface area contributed by atoms with Gasteiger partial charge in [0.1, 0.15) is 32.2 Å². The molecule has 2 aromatic carbocycles. The first kappa shape index (κ1) is 37.5. The van der Waals surface area contributed by atoms with Crippen molar-refractivity contribution in [3.63, 3.8) is 0 Å². The first-order valence-corrected chi connectivity index (χ1v) is 11.2. The van der Waals surface area contributed by atoms with E-state index in [2.05, 4.69) is 14.8 Å². The quantitative estimate of drug-likeness (QED) is 0.187. The summed E-state index contributed by atoms with van der Waals surface area (Å²) in [6, 6.07) is 6.61. The van der Waals surface area contributed by atoms with Gasteiger partial charge in [0.15, 0.2) is 0 Å². The van der Waals surface area contributed by atoms with Crippen molar-refractivity contribution in [1.82, 2.24) is 0 Å². The van der Waals surface area contributed by atoms with Gasteiger partial charge in [-0.05, 0) is 24.6 Å². The predicted octanol–water partition coefficient (Wildman–Crippen LogP) is 2.32. The minimum Gasteiger partial charge on any atom is -0.507 e. The van der Waals surface area contributed by atoms with Crippen molar-refractivity contribution < 1.29 is 72.9 Å². The summed E-state index contributed by atoms with van der Waals surface area (Å²) in [6.07, 6.45) is 0.464. The number of aromatic hydroxyl groups is 1. The molecule has 2 aromatic rings. The summed E-state index contributed by atoms with van der Waals surface area (Å²) in [5.41, 5.74) is 3.61. The molecule has 0 aliphatic rings. The molecule has 0 unspecified atom stereocenters. The van der Waals surface area contributed by atoms with E-state index in [1.165, 1.54) is 7.11 Å².